The van der Waals surface area contributed by atoms with E-state index in [0.29, 0.717) is 32.0 Å². The van der Waals surface area contributed by atoms with Crippen molar-refractivity contribution in [2.75, 3.05) is 36.0 Å². The lowest BCUT2D eigenvalue weighted by molar-refractivity contribution is -0.142. The average molecular weight is 500 g/mol. The van der Waals surface area contributed by atoms with E-state index in [1.807, 2.05) is 9.80 Å². The second kappa shape index (κ2) is 8.19. The molecule has 0 atom stereocenters. The monoisotopic (exact) mass is 500 g/mol. The summed E-state index contributed by atoms with van der Waals surface area (Å²) < 4.78 is 78.9. The summed E-state index contributed by atoms with van der Waals surface area (Å²) in [6, 6.07) is 0.996. The quantitative estimate of drug-likeness (QED) is 0.503. The summed E-state index contributed by atoms with van der Waals surface area (Å²) in [5.74, 6) is 0.829. The van der Waals surface area contributed by atoms with E-state index in [9.17, 15) is 26.3 Å². The van der Waals surface area contributed by atoms with Crippen LogP contribution < -0.4 is 9.80 Å². The molecule has 2 aliphatic rings. The molecular formula is C21H22F6N8. The summed E-state index contributed by atoms with van der Waals surface area (Å²) >= 11 is 0. The van der Waals surface area contributed by atoms with Crippen molar-refractivity contribution in [1.29, 1.82) is 0 Å². The number of piperidine rings is 1. The van der Waals surface area contributed by atoms with Crippen LogP contribution in [0.25, 0.3) is 11.2 Å². The Hall–Kier alpha value is -3.19. The fraction of sp³-hybridized carbons (Fsp3) is 0.571. The van der Waals surface area contributed by atoms with Crippen molar-refractivity contribution in [2.45, 2.75) is 45.1 Å². The van der Waals surface area contributed by atoms with Crippen molar-refractivity contribution < 1.29 is 26.3 Å². The highest BCUT2D eigenvalue weighted by atomic mass is 19.4. The SMILES string of the molecule is Cc1nc(N2CCC3(CCN(c4cnc5cnn(CC(F)(F)F)c5n4)CC3)C2)cc(C(F)(F)F)n1. The highest BCUT2D eigenvalue weighted by molar-refractivity contribution is 5.71. The molecule has 0 amide bonds. The molecule has 5 rings (SSSR count). The van der Waals surface area contributed by atoms with Crippen molar-refractivity contribution in [3.63, 3.8) is 0 Å². The van der Waals surface area contributed by atoms with Gasteiger partial charge in [-0.3, -0.25) is 0 Å². The molecule has 0 radical (unpaired) electrons. The Morgan fingerprint density at radius 2 is 1.57 bits per heavy atom. The molecule has 1 spiro atoms. The standard InChI is InChI=1S/C21H22F6N8/c1-13-30-15(21(25,26)27)8-16(31-13)34-7-4-19(11-34)2-5-33(6-3-19)17-10-28-14-9-29-35(18(14)32-17)12-20(22,23)24/h8-10H,2-7,11-12H2,1H3. The molecule has 0 unspecified atom stereocenters. The highest BCUT2D eigenvalue weighted by Crippen LogP contribution is 2.43. The first kappa shape index (κ1) is 23.5. The Kier molecular flexibility index (Phi) is 5.51. The van der Waals surface area contributed by atoms with Gasteiger partial charge in [0.2, 0.25) is 0 Å². The van der Waals surface area contributed by atoms with Gasteiger partial charge in [0.05, 0.1) is 12.4 Å². The molecule has 0 aromatic carbocycles. The molecule has 0 bridgehead atoms. The lowest BCUT2D eigenvalue weighted by Gasteiger charge is -2.39. The minimum atomic E-state index is -4.54. The largest absolute Gasteiger partial charge is 0.433 e. The van der Waals surface area contributed by atoms with Crippen molar-refractivity contribution in [3.05, 3.63) is 30.0 Å². The van der Waals surface area contributed by atoms with Gasteiger partial charge in [-0.05, 0) is 31.6 Å². The van der Waals surface area contributed by atoms with Gasteiger partial charge in [0, 0.05) is 32.2 Å². The predicted octanol–water partition coefficient (Wildman–Crippen LogP) is 4.00. The fourth-order valence-electron chi connectivity index (χ4n) is 4.89. The minimum absolute atomic E-state index is 0.0734. The number of hydrogen-bond acceptors (Lipinski definition) is 7. The Balaban J connectivity index is 1.28. The molecular weight excluding hydrogens is 478 g/mol. The zero-order chi connectivity index (χ0) is 25.0. The van der Waals surface area contributed by atoms with Crippen LogP contribution in [0.2, 0.25) is 0 Å². The normalized spacial score (nSPS) is 18.7. The summed E-state index contributed by atoms with van der Waals surface area (Å²) in [5, 5.41) is 3.76. The number of fused-ring (bicyclic) bond motifs is 1. The van der Waals surface area contributed by atoms with E-state index in [1.165, 1.54) is 19.3 Å². The number of alkyl halides is 6. The fourth-order valence-corrected chi connectivity index (χ4v) is 4.89. The van der Waals surface area contributed by atoms with Crippen LogP contribution in [0, 0.1) is 12.3 Å². The molecule has 8 nitrogen and oxygen atoms in total. The second-order valence-corrected chi connectivity index (χ2v) is 9.17. The van der Waals surface area contributed by atoms with Crippen LogP contribution in [-0.2, 0) is 12.7 Å². The van der Waals surface area contributed by atoms with E-state index in [0.717, 1.165) is 30.0 Å². The second-order valence-electron chi connectivity index (χ2n) is 9.17. The van der Waals surface area contributed by atoms with Crippen molar-refractivity contribution in [1.82, 2.24) is 29.7 Å². The highest BCUT2D eigenvalue weighted by Gasteiger charge is 2.42. The summed E-state index contributed by atoms with van der Waals surface area (Å²) in [5.41, 5.74) is -0.666. The van der Waals surface area contributed by atoms with Crippen LogP contribution in [0.15, 0.2) is 18.5 Å². The first-order valence-electron chi connectivity index (χ1n) is 11.1. The number of aryl methyl sites for hydroxylation is 1. The maximum atomic E-state index is 13.2. The lowest BCUT2D eigenvalue weighted by atomic mass is 9.78. The number of nitrogens with zero attached hydrogens (tertiary/aromatic N) is 8. The molecule has 2 saturated heterocycles. The minimum Gasteiger partial charge on any atom is -0.356 e. The van der Waals surface area contributed by atoms with Gasteiger partial charge < -0.3 is 9.80 Å². The maximum absolute atomic E-state index is 13.2. The molecule has 35 heavy (non-hydrogen) atoms. The van der Waals surface area contributed by atoms with Crippen LogP contribution in [0.4, 0.5) is 38.0 Å². The number of hydrogen-bond donors (Lipinski definition) is 0. The zero-order valence-electron chi connectivity index (χ0n) is 18.7. The molecule has 0 N–H and O–H groups in total. The average Bonchev–Trinajstić information content (AvgIpc) is 3.36. The van der Waals surface area contributed by atoms with Crippen LogP contribution in [0.1, 0.15) is 30.8 Å². The molecule has 5 heterocycles. The van der Waals surface area contributed by atoms with Crippen LogP contribution in [-0.4, -0.2) is 62.1 Å². The topological polar surface area (TPSA) is 75.9 Å². The Labute approximate surface area is 196 Å². The molecule has 2 aliphatic heterocycles. The third-order valence-electron chi connectivity index (χ3n) is 6.69. The molecule has 2 fully saturated rings. The van der Waals surface area contributed by atoms with Gasteiger partial charge in [-0.25, -0.2) is 24.6 Å². The van der Waals surface area contributed by atoms with E-state index < -0.39 is 24.6 Å². The van der Waals surface area contributed by atoms with E-state index in [4.69, 9.17) is 0 Å². The third kappa shape index (κ3) is 4.82. The molecule has 3 aromatic heterocycles. The van der Waals surface area contributed by atoms with Gasteiger partial charge in [-0.2, -0.15) is 31.4 Å². The van der Waals surface area contributed by atoms with Crippen LogP contribution in [0.3, 0.4) is 0 Å². The maximum Gasteiger partial charge on any atom is 0.433 e. The Bertz CT molecular complexity index is 1230. The first-order chi connectivity index (χ1) is 16.4. The summed E-state index contributed by atoms with van der Waals surface area (Å²) in [6.07, 6.45) is -3.83. The van der Waals surface area contributed by atoms with Gasteiger partial charge in [0.1, 0.15) is 35.2 Å². The van der Waals surface area contributed by atoms with Crippen molar-refractivity contribution in [3.8, 4) is 0 Å². The number of rotatable bonds is 3. The zero-order valence-corrected chi connectivity index (χ0v) is 18.7. The number of aromatic nitrogens is 6. The number of halogens is 6. The lowest BCUT2D eigenvalue weighted by Crippen LogP contribution is -2.42. The molecule has 188 valence electrons. The molecule has 0 aliphatic carbocycles. The third-order valence-corrected chi connectivity index (χ3v) is 6.69. The molecule has 3 aromatic rings. The predicted molar refractivity (Wildman–Crippen MR) is 114 cm³/mol. The Morgan fingerprint density at radius 1 is 0.886 bits per heavy atom. The van der Waals surface area contributed by atoms with Gasteiger partial charge in [0.25, 0.3) is 0 Å². The summed E-state index contributed by atoms with van der Waals surface area (Å²) in [7, 11) is 0. The molecule has 0 saturated carbocycles. The Morgan fingerprint density at radius 3 is 2.23 bits per heavy atom. The van der Waals surface area contributed by atoms with E-state index in [1.54, 1.807) is 0 Å². The molecule has 14 heteroatoms. The summed E-state index contributed by atoms with van der Waals surface area (Å²) in [4.78, 5) is 20.2. The van der Waals surface area contributed by atoms with Crippen molar-refractivity contribution >= 4 is 22.8 Å². The summed E-state index contributed by atoms with van der Waals surface area (Å²) in [6.45, 7) is 2.59. The van der Waals surface area contributed by atoms with E-state index in [-0.39, 0.29) is 28.2 Å². The van der Waals surface area contributed by atoms with Gasteiger partial charge in [0.15, 0.2) is 5.65 Å². The van der Waals surface area contributed by atoms with Gasteiger partial charge in [-0.15, -0.1) is 0 Å². The number of anilines is 2. The van der Waals surface area contributed by atoms with E-state index in [2.05, 4.69) is 25.0 Å². The van der Waals surface area contributed by atoms with Crippen LogP contribution >= 0.6 is 0 Å². The van der Waals surface area contributed by atoms with E-state index >= 15 is 0 Å². The van der Waals surface area contributed by atoms with Gasteiger partial charge in [-0.1, -0.05) is 0 Å². The van der Waals surface area contributed by atoms with Gasteiger partial charge >= 0.3 is 12.4 Å². The van der Waals surface area contributed by atoms with Crippen molar-refractivity contribution in [2.24, 2.45) is 5.41 Å². The van der Waals surface area contributed by atoms with Crippen LogP contribution in [0.5, 0.6) is 0 Å². The first-order valence-corrected chi connectivity index (χ1v) is 11.1. The smallest absolute Gasteiger partial charge is 0.356 e.